The van der Waals surface area contributed by atoms with E-state index < -0.39 is 4.92 Å². The van der Waals surface area contributed by atoms with Crippen LogP contribution in [0, 0.1) is 10.1 Å². The van der Waals surface area contributed by atoms with Crippen molar-refractivity contribution in [1.29, 1.82) is 0 Å². The minimum atomic E-state index is -0.496. The number of carbonyl (C=O) groups excluding carboxylic acids is 1. The summed E-state index contributed by atoms with van der Waals surface area (Å²) in [6, 6.07) is 5.54. The third kappa shape index (κ3) is 5.38. The maximum atomic E-state index is 12.1. The van der Waals surface area contributed by atoms with E-state index >= 15 is 0 Å². The second kappa shape index (κ2) is 9.28. The molecule has 2 aromatic rings. The number of aromatic nitrogens is 3. The van der Waals surface area contributed by atoms with Gasteiger partial charge in [-0.2, -0.15) is 10.1 Å². The zero-order valence-corrected chi connectivity index (χ0v) is 15.6. The number of aryl methyl sites for hydroxylation is 1. The first-order valence-electron chi connectivity index (χ1n) is 8.31. The lowest BCUT2D eigenvalue weighted by Gasteiger charge is -2.19. The second-order valence-corrected chi connectivity index (χ2v) is 6.03. The molecule has 0 spiro atoms. The van der Waals surface area contributed by atoms with Gasteiger partial charge in [0.1, 0.15) is 5.75 Å². The molecule has 1 fully saturated rings. The van der Waals surface area contributed by atoms with Crippen molar-refractivity contribution in [3.63, 3.8) is 0 Å². The summed E-state index contributed by atoms with van der Waals surface area (Å²) in [6.07, 6.45) is 1.95. The van der Waals surface area contributed by atoms with Gasteiger partial charge in [-0.25, -0.2) is 4.68 Å². The number of hydrogen-bond donors (Lipinski definition) is 2. The summed E-state index contributed by atoms with van der Waals surface area (Å²) in [5, 5.41) is 21.0. The molecule has 0 bridgehead atoms. The number of nitrogens with one attached hydrogen (secondary N) is 2. The van der Waals surface area contributed by atoms with Gasteiger partial charge in [-0.1, -0.05) is 0 Å². The standard InChI is InChI=1S/C16H20N6O4.ClH/c1-21-16(19-15(20-21)11-6-8-17-9-7-11)18-14(23)10-26-13-4-2-12(3-5-13)22(24)25;/h2-5,11,17H,6-10H2,1H3,(H,18,19,20,23);1H. The van der Waals surface area contributed by atoms with Gasteiger partial charge < -0.3 is 10.1 Å². The monoisotopic (exact) mass is 396 g/mol. The summed E-state index contributed by atoms with van der Waals surface area (Å²) in [6.45, 7) is 1.65. The van der Waals surface area contributed by atoms with Gasteiger partial charge in [-0.05, 0) is 38.1 Å². The number of ether oxygens (including phenoxy) is 1. The SMILES string of the molecule is Cl.Cn1nc(C2CCNCC2)nc1NC(=O)COc1ccc([N+](=O)[O-])cc1. The molecule has 0 aliphatic carbocycles. The van der Waals surface area contributed by atoms with Crippen LogP contribution in [0.5, 0.6) is 5.75 Å². The Kier molecular flexibility index (Phi) is 7.08. The number of hydrogen-bond acceptors (Lipinski definition) is 7. The lowest BCUT2D eigenvalue weighted by Crippen LogP contribution is -2.27. The Morgan fingerprint density at radius 2 is 2.04 bits per heavy atom. The van der Waals surface area contributed by atoms with Gasteiger partial charge in [0.2, 0.25) is 5.95 Å². The fraction of sp³-hybridized carbons (Fsp3) is 0.438. The van der Waals surface area contributed by atoms with E-state index in [1.54, 1.807) is 11.7 Å². The lowest BCUT2D eigenvalue weighted by atomic mass is 9.98. The van der Waals surface area contributed by atoms with Crippen LogP contribution in [0.3, 0.4) is 0 Å². The van der Waals surface area contributed by atoms with E-state index in [1.165, 1.54) is 24.3 Å². The normalized spacial score (nSPS) is 14.3. The molecule has 3 rings (SSSR count). The van der Waals surface area contributed by atoms with Gasteiger partial charge >= 0.3 is 0 Å². The van der Waals surface area contributed by atoms with Crippen molar-refractivity contribution in [1.82, 2.24) is 20.1 Å². The molecule has 1 aliphatic rings. The maximum Gasteiger partial charge on any atom is 0.269 e. The number of halogens is 1. The minimum absolute atomic E-state index is 0. The number of carbonyl (C=O) groups is 1. The Morgan fingerprint density at radius 3 is 2.67 bits per heavy atom. The molecular weight excluding hydrogens is 376 g/mol. The van der Waals surface area contributed by atoms with Gasteiger partial charge in [0, 0.05) is 25.1 Å². The topological polar surface area (TPSA) is 124 Å². The largest absolute Gasteiger partial charge is 0.484 e. The van der Waals surface area contributed by atoms with Crippen molar-refractivity contribution in [2.45, 2.75) is 18.8 Å². The lowest BCUT2D eigenvalue weighted by molar-refractivity contribution is -0.384. The molecule has 2 heterocycles. The van der Waals surface area contributed by atoms with Crippen molar-refractivity contribution in [2.75, 3.05) is 25.0 Å². The smallest absolute Gasteiger partial charge is 0.269 e. The highest BCUT2D eigenvalue weighted by atomic mass is 35.5. The fourth-order valence-corrected chi connectivity index (χ4v) is 2.74. The van der Waals surface area contributed by atoms with Crippen molar-refractivity contribution in [2.24, 2.45) is 7.05 Å². The van der Waals surface area contributed by atoms with Crippen molar-refractivity contribution in [3.05, 3.63) is 40.2 Å². The number of piperidine rings is 1. The Bertz CT molecular complexity index is 789. The number of nitro groups is 1. The van der Waals surface area contributed by atoms with Gasteiger partial charge in [0.25, 0.3) is 11.6 Å². The first-order chi connectivity index (χ1) is 12.5. The highest BCUT2D eigenvalue weighted by Crippen LogP contribution is 2.23. The molecule has 146 valence electrons. The third-order valence-electron chi connectivity index (χ3n) is 4.15. The van der Waals surface area contributed by atoms with Gasteiger partial charge in [-0.15, -0.1) is 12.4 Å². The van der Waals surface area contributed by atoms with Crippen molar-refractivity contribution < 1.29 is 14.5 Å². The third-order valence-corrected chi connectivity index (χ3v) is 4.15. The summed E-state index contributed by atoms with van der Waals surface area (Å²) >= 11 is 0. The van der Waals surface area contributed by atoms with Crippen LogP contribution in [-0.4, -0.2) is 45.3 Å². The van der Waals surface area contributed by atoms with Gasteiger partial charge in [0.15, 0.2) is 12.4 Å². The molecule has 1 saturated heterocycles. The maximum absolute atomic E-state index is 12.1. The average molecular weight is 397 g/mol. The Hall–Kier alpha value is -2.72. The summed E-state index contributed by atoms with van der Waals surface area (Å²) in [4.78, 5) is 26.6. The molecule has 0 radical (unpaired) electrons. The van der Waals surface area contributed by atoms with Crippen LogP contribution < -0.4 is 15.4 Å². The zero-order chi connectivity index (χ0) is 18.5. The fourth-order valence-electron chi connectivity index (χ4n) is 2.74. The molecular formula is C16H21ClN6O4. The first kappa shape index (κ1) is 20.6. The number of rotatable bonds is 6. The van der Waals surface area contributed by atoms with E-state index in [9.17, 15) is 14.9 Å². The Morgan fingerprint density at radius 1 is 1.37 bits per heavy atom. The minimum Gasteiger partial charge on any atom is -0.484 e. The van der Waals surface area contributed by atoms with Crippen LogP contribution in [0.4, 0.5) is 11.6 Å². The van der Waals surface area contributed by atoms with E-state index in [-0.39, 0.29) is 30.6 Å². The molecule has 27 heavy (non-hydrogen) atoms. The van der Waals surface area contributed by atoms with Crippen LogP contribution in [0.2, 0.25) is 0 Å². The molecule has 2 N–H and O–H groups in total. The van der Waals surface area contributed by atoms with E-state index in [4.69, 9.17) is 4.74 Å². The highest BCUT2D eigenvalue weighted by molar-refractivity contribution is 5.90. The Labute approximate surface area is 161 Å². The predicted molar refractivity (Wildman–Crippen MR) is 100 cm³/mol. The van der Waals surface area contributed by atoms with E-state index in [1.807, 2.05) is 0 Å². The van der Waals surface area contributed by atoms with Crippen LogP contribution in [0.25, 0.3) is 0 Å². The number of anilines is 1. The highest BCUT2D eigenvalue weighted by Gasteiger charge is 2.21. The molecule has 1 aliphatic heterocycles. The predicted octanol–water partition coefficient (Wildman–Crippen LogP) is 1.63. The van der Waals surface area contributed by atoms with Crippen molar-refractivity contribution in [3.8, 4) is 5.75 Å². The molecule has 11 heteroatoms. The van der Waals surface area contributed by atoms with E-state index in [0.29, 0.717) is 17.6 Å². The molecule has 1 aromatic heterocycles. The zero-order valence-electron chi connectivity index (χ0n) is 14.8. The van der Waals surface area contributed by atoms with Crippen LogP contribution in [-0.2, 0) is 11.8 Å². The first-order valence-corrected chi connectivity index (χ1v) is 8.31. The molecule has 1 amide bonds. The Balaban J connectivity index is 0.00000261. The van der Waals surface area contributed by atoms with E-state index in [0.717, 1.165) is 31.8 Å². The van der Waals surface area contributed by atoms with Gasteiger partial charge in [0.05, 0.1) is 4.92 Å². The number of nitrogens with zero attached hydrogens (tertiary/aromatic N) is 4. The molecule has 10 nitrogen and oxygen atoms in total. The van der Waals surface area contributed by atoms with Gasteiger partial charge in [-0.3, -0.25) is 20.2 Å². The number of amides is 1. The summed E-state index contributed by atoms with van der Waals surface area (Å²) in [7, 11) is 1.73. The van der Waals surface area contributed by atoms with E-state index in [2.05, 4.69) is 20.7 Å². The van der Waals surface area contributed by atoms with Crippen LogP contribution in [0.1, 0.15) is 24.6 Å². The summed E-state index contributed by atoms with van der Waals surface area (Å²) in [5.41, 5.74) is -0.0358. The molecule has 0 atom stereocenters. The molecule has 0 saturated carbocycles. The number of nitro benzene ring substituents is 1. The van der Waals surface area contributed by atoms with Crippen LogP contribution >= 0.6 is 12.4 Å². The van der Waals surface area contributed by atoms with Crippen molar-refractivity contribution >= 4 is 29.9 Å². The summed E-state index contributed by atoms with van der Waals surface area (Å²) < 4.78 is 6.88. The molecule has 0 unspecified atom stereocenters. The average Bonchev–Trinajstić information content (AvgIpc) is 3.01. The second-order valence-electron chi connectivity index (χ2n) is 6.03. The molecule has 1 aromatic carbocycles. The number of benzene rings is 1. The quantitative estimate of drug-likeness (QED) is 0.561. The van der Waals surface area contributed by atoms with Crippen LogP contribution in [0.15, 0.2) is 24.3 Å². The number of non-ortho nitro benzene ring substituents is 1. The summed E-state index contributed by atoms with van der Waals surface area (Å²) in [5.74, 6) is 1.40.